The second-order valence-electron chi connectivity index (χ2n) is 6.60. The van der Waals surface area contributed by atoms with Crippen LogP contribution in [0.25, 0.3) is 11.1 Å². The van der Waals surface area contributed by atoms with Crippen LogP contribution in [0.1, 0.15) is 23.6 Å². The molecule has 3 nitrogen and oxygen atoms in total. The zero-order chi connectivity index (χ0) is 18.1. The highest BCUT2D eigenvalue weighted by Gasteiger charge is 2.21. The molecule has 1 amide bonds. The zero-order valence-corrected chi connectivity index (χ0v) is 15.3. The first-order valence-electron chi connectivity index (χ1n) is 8.70. The Morgan fingerprint density at radius 2 is 1.85 bits per heavy atom. The van der Waals surface area contributed by atoms with Crippen LogP contribution >= 0.6 is 11.6 Å². The quantitative estimate of drug-likeness (QED) is 0.606. The average molecular weight is 363 g/mol. The van der Waals surface area contributed by atoms with Gasteiger partial charge in [0.15, 0.2) is 0 Å². The molecule has 1 aliphatic heterocycles. The largest absolute Gasteiger partial charge is 0.308 e. The summed E-state index contributed by atoms with van der Waals surface area (Å²) in [6, 6.07) is 16.3. The van der Waals surface area contributed by atoms with E-state index in [2.05, 4.69) is 29.2 Å². The molecule has 2 aromatic carbocycles. The molecular formula is C22H19ClN2O. The van der Waals surface area contributed by atoms with Gasteiger partial charge < -0.3 is 4.90 Å². The Balaban J connectivity index is 1.78. The van der Waals surface area contributed by atoms with Crippen LogP contribution < -0.4 is 4.90 Å². The summed E-state index contributed by atoms with van der Waals surface area (Å²) < 4.78 is 0. The van der Waals surface area contributed by atoms with E-state index in [9.17, 15) is 4.79 Å². The summed E-state index contributed by atoms with van der Waals surface area (Å²) in [6.45, 7) is 2.18. The van der Waals surface area contributed by atoms with Crippen molar-refractivity contribution in [1.82, 2.24) is 4.98 Å². The van der Waals surface area contributed by atoms with Crippen molar-refractivity contribution < 1.29 is 4.79 Å². The van der Waals surface area contributed by atoms with E-state index in [1.165, 1.54) is 11.1 Å². The van der Waals surface area contributed by atoms with E-state index in [1.54, 1.807) is 13.1 Å². The maximum atomic E-state index is 12.4. The zero-order valence-electron chi connectivity index (χ0n) is 14.6. The second kappa shape index (κ2) is 6.93. The Hall–Kier alpha value is -2.65. The monoisotopic (exact) mass is 362 g/mol. The lowest BCUT2D eigenvalue weighted by Crippen LogP contribution is -2.30. The Bertz CT molecular complexity index is 969. The van der Waals surface area contributed by atoms with Crippen LogP contribution in [0.4, 0.5) is 5.69 Å². The lowest BCUT2D eigenvalue weighted by molar-refractivity contribution is -0.116. The van der Waals surface area contributed by atoms with Crippen molar-refractivity contribution in [2.75, 3.05) is 4.90 Å². The highest BCUT2D eigenvalue weighted by atomic mass is 35.5. The molecule has 1 aromatic heterocycles. The fourth-order valence-electron chi connectivity index (χ4n) is 3.55. The third kappa shape index (κ3) is 3.23. The van der Waals surface area contributed by atoms with Gasteiger partial charge in [-0.05, 0) is 71.0 Å². The van der Waals surface area contributed by atoms with E-state index in [0.717, 1.165) is 35.2 Å². The van der Waals surface area contributed by atoms with Gasteiger partial charge in [0, 0.05) is 30.0 Å². The topological polar surface area (TPSA) is 33.2 Å². The van der Waals surface area contributed by atoms with Crippen LogP contribution in [0.3, 0.4) is 0 Å². The molecule has 0 atom stereocenters. The van der Waals surface area contributed by atoms with Crippen LogP contribution in [-0.4, -0.2) is 10.9 Å². The number of anilines is 1. The summed E-state index contributed by atoms with van der Waals surface area (Å²) in [4.78, 5) is 18.4. The Morgan fingerprint density at radius 1 is 1.00 bits per heavy atom. The molecule has 0 fully saturated rings. The van der Waals surface area contributed by atoms with Crippen LogP contribution in [-0.2, 0) is 24.2 Å². The van der Waals surface area contributed by atoms with Gasteiger partial charge in [0.25, 0.3) is 0 Å². The van der Waals surface area contributed by atoms with Gasteiger partial charge in [-0.1, -0.05) is 29.8 Å². The van der Waals surface area contributed by atoms with Crippen molar-refractivity contribution in [3.8, 4) is 11.1 Å². The van der Waals surface area contributed by atoms with Crippen molar-refractivity contribution in [1.29, 1.82) is 0 Å². The van der Waals surface area contributed by atoms with Crippen molar-refractivity contribution in [2.45, 2.75) is 26.3 Å². The van der Waals surface area contributed by atoms with Crippen molar-refractivity contribution in [2.24, 2.45) is 0 Å². The van der Waals surface area contributed by atoms with Gasteiger partial charge in [-0.2, -0.15) is 0 Å². The fraction of sp³-hybridized carbons (Fsp3) is 0.182. The van der Waals surface area contributed by atoms with Crippen molar-refractivity contribution in [3.05, 3.63) is 82.6 Å². The molecule has 0 aliphatic carbocycles. The number of pyridine rings is 1. The lowest BCUT2D eigenvalue weighted by Gasteiger charge is -2.28. The van der Waals surface area contributed by atoms with Crippen molar-refractivity contribution >= 4 is 23.2 Å². The minimum Gasteiger partial charge on any atom is -0.308 e. The maximum Gasteiger partial charge on any atom is 0.224 e. The molecular weight excluding hydrogens is 344 g/mol. The average Bonchev–Trinajstić information content (AvgIpc) is 2.64. The van der Waals surface area contributed by atoms with Crippen LogP contribution in [0.5, 0.6) is 0 Å². The summed E-state index contributed by atoms with van der Waals surface area (Å²) in [7, 11) is 0. The minimum atomic E-state index is 0.0354. The SMILES string of the molecule is CC(=O)N1Cc2cc(-c3cccnc3)ccc2CCc2cc(Cl)ccc21. The summed E-state index contributed by atoms with van der Waals surface area (Å²) >= 11 is 6.18. The first kappa shape index (κ1) is 16.8. The molecule has 26 heavy (non-hydrogen) atoms. The molecule has 0 saturated heterocycles. The van der Waals surface area contributed by atoms with Crippen LogP contribution in [0.2, 0.25) is 5.02 Å². The first-order valence-corrected chi connectivity index (χ1v) is 9.08. The molecule has 4 rings (SSSR count). The van der Waals surface area contributed by atoms with Gasteiger partial charge in [0.1, 0.15) is 0 Å². The summed E-state index contributed by atoms with van der Waals surface area (Å²) in [5.41, 5.74) is 6.74. The van der Waals surface area contributed by atoms with Crippen LogP contribution in [0.15, 0.2) is 60.9 Å². The molecule has 130 valence electrons. The van der Waals surface area contributed by atoms with Crippen molar-refractivity contribution in [3.63, 3.8) is 0 Å². The van der Waals surface area contributed by atoms with Gasteiger partial charge >= 0.3 is 0 Å². The number of aromatic nitrogens is 1. The Kier molecular flexibility index (Phi) is 4.48. The number of benzene rings is 2. The second-order valence-corrected chi connectivity index (χ2v) is 7.04. The summed E-state index contributed by atoms with van der Waals surface area (Å²) in [6.07, 6.45) is 5.43. The minimum absolute atomic E-state index is 0.0354. The Labute approximate surface area is 158 Å². The van der Waals surface area contributed by atoms with Crippen LogP contribution in [0, 0.1) is 0 Å². The highest BCUT2D eigenvalue weighted by molar-refractivity contribution is 6.30. The summed E-state index contributed by atoms with van der Waals surface area (Å²) in [5.74, 6) is 0.0354. The molecule has 0 saturated carbocycles. The van der Waals surface area contributed by atoms with E-state index in [0.29, 0.717) is 11.6 Å². The van der Waals surface area contributed by atoms with Gasteiger partial charge in [-0.15, -0.1) is 0 Å². The molecule has 2 heterocycles. The van der Waals surface area contributed by atoms with Gasteiger partial charge in [-0.3, -0.25) is 9.78 Å². The number of rotatable bonds is 1. The van der Waals surface area contributed by atoms with E-state index in [-0.39, 0.29) is 5.91 Å². The van der Waals surface area contributed by atoms with E-state index < -0.39 is 0 Å². The van der Waals surface area contributed by atoms with E-state index >= 15 is 0 Å². The van der Waals surface area contributed by atoms with Gasteiger partial charge in [0.2, 0.25) is 5.91 Å². The molecule has 0 radical (unpaired) electrons. The maximum absolute atomic E-state index is 12.4. The van der Waals surface area contributed by atoms with E-state index in [1.807, 2.05) is 35.4 Å². The van der Waals surface area contributed by atoms with Gasteiger partial charge in [0.05, 0.1) is 6.54 Å². The number of fused-ring (bicyclic) bond motifs is 2. The number of carbonyl (C=O) groups is 1. The third-order valence-electron chi connectivity index (χ3n) is 4.91. The first-order chi connectivity index (χ1) is 12.6. The standard InChI is InChI=1S/C22H19ClN2O/c1-15(26)25-14-20-11-17(19-3-2-10-24-13-19)6-4-16(20)5-7-18-12-21(23)8-9-22(18)25/h2-4,6,8-13H,5,7,14H2,1H3. The third-order valence-corrected chi connectivity index (χ3v) is 5.14. The molecule has 0 bridgehead atoms. The molecule has 1 aliphatic rings. The lowest BCUT2D eigenvalue weighted by atomic mass is 9.93. The number of hydrogen-bond acceptors (Lipinski definition) is 2. The molecule has 0 N–H and O–H groups in total. The fourth-order valence-corrected chi connectivity index (χ4v) is 3.75. The normalized spacial score (nSPS) is 13.4. The number of aryl methyl sites for hydroxylation is 2. The number of nitrogens with zero attached hydrogens (tertiary/aromatic N) is 2. The molecule has 0 spiro atoms. The Morgan fingerprint density at radius 3 is 2.62 bits per heavy atom. The number of carbonyl (C=O) groups excluding carboxylic acids is 1. The molecule has 4 heteroatoms. The molecule has 3 aromatic rings. The number of halogens is 1. The summed E-state index contributed by atoms with van der Waals surface area (Å²) in [5, 5.41) is 0.708. The molecule has 0 unspecified atom stereocenters. The predicted octanol–water partition coefficient (Wildman–Crippen LogP) is 5.05. The highest BCUT2D eigenvalue weighted by Crippen LogP contribution is 2.32. The predicted molar refractivity (Wildman–Crippen MR) is 105 cm³/mol. The smallest absolute Gasteiger partial charge is 0.224 e. The van der Waals surface area contributed by atoms with E-state index in [4.69, 9.17) is 11.6 Å². The number of amides is 1. The number of hydrogen-bond donors (Lipinski definition) is 0. The van der Waals surface area contributed by atoms with Gasteiger partial charge in [-0.25, -0.2) is 0 Å².